The summed E-state index contributed by atoms with van der Waals surface area (Å²) in [6.45, 7) is 10.5. The first kappa shape index (κ1) is 22.2. The maximum absolute atomic E-state index is 13.4. The molecule has 2 aliphatic heterocycles. The van der Waals surface area contributed by atoms with Gasteiger partial charge in [-0.2, -0.15) is 0 Å². The van der Waals surface area contributed by atoms with Crippen molar-refractivity contribution in [3.05, 3.63) is 70.4 Å². The highest BCUT2D eigenvalue weighted by atomic mass is 16.5. The fourth-order valence-corrected chi connectivity index (χ4v) is 4.17. The van der Waals surface area contributed by atoms with Gasteiger partial charge in [0.2, 0.25) is 0 Å². The van der Waals surface area contributed by atoms with Crippen LogP contribution in [0.4, 0.5) is 5.69 Å². The van der Waals surface area contributed by atoms with Gasteiger partial charge in [-0.15, -0.1) is 0 Å². The largest absolute Gasteiger partial charge is 0.379 e. The number of amides is 2. The molecule has 0 radical (unpaired) electrons. The van der Waals surface area contributed by atoms with Crippen molar-refractivity contribution in [2.45, 2.75) is 27.2 Å². The average molecular weight is 434 g/mol. The van der Waals surface area contributed by atoms with Crippen molar-refractivity contribution in [3.63, 3.8) is 0 Å². The number of nitrogens with zero attached hydrogens (tertiary/aromatic N) is 2. The van der Waals surface area contributed by atoms with E-state index in [9.17, 15) is 9.59 Å². The Morgan fingerprint density at radius 3 is 2.28 bits per heavy atom. The molecule has 1 N–H and O–H groups in total. The summed E-state index contributed by atoms with van der Waals surface area (Å²) in [6, 6.07) is 13.8. The summed E-state index contributed by atoms with van der Waals surface area (Å²) in [5.74, 6) is -0.484. The number of benzene rings is 2. The molecule has 0 spiro atoms. The van der Waals surface area contributed by atoms with Gasteiger partial charge >= 0.3 is 0 Å². The smallest absolute Gasteiger partial charge is 0.278 e. The van der Waals surface area contributed by atoms with Crippen LogP contribution < -0.4 is 5.32 Å². The number of carbonyl (C=O) groups is 2. The normalized spacial score (nSPS) is 17.4. The number of rotatable bonds is 7. The molecule has 168 valence electrons. The van der Waals surface area contributed by atoms with Crippen molar-refractivity contribution in [3.8, 4) is 0 Å². The molecule has 0 aliphatic carbocycles. The number of imide groups is 1. The predicted octanol–water partition coefficient (Wildman–Crippen LogP) is 3.53. The first-order chi connectivity index (χ1) is 15.4. The predicted molar refractivity (Wildman–Crippen MR) is 126 cm³/mol. The molecule has 6 heteroatoms. The van der Waals surface area contributed by atoms with E-state index in [0.717, 1.165) is 67.2 Å². The molecular formula is C26H31N3O3. The monoisotopic (exact) mass is 433 g/mol. The molecule has 6 nitrogen and oxygen atoms in total. The van der Waals surface area contributed by atoms with E-state index < -0.39 is 0 Å². The summed E-state index contributed by atoms with van der Waals surface area (Å²) < 4.78 is 5.40. The van der Waals surface area contributed by atoms with E-state index in [1.807, 2.05) is 63.2 Å². The number of hydrogen-bond donors (Lipinski definition) is 1. The van der Waals surface area contributed by atoms with Crippen molar-refractivity contribution in [1.29, 1.82) is 0 Å². The van der Waals surface area contributed by atoms with Crippen LogP contribution in [0.5, 0.6) is 0 Å². The third-order valence-electron chi connectivity index (χ3n) is 6.12. The topological polar surface area (TPSA) is 61.9 Å². The molecule has 2 amide bonds. The Labute approximate surface area is 189 Å². The molecule has 0 atom stereocenters. The maximum atomic E-state index is 13.4. The Hall–Kier alpha value is -2.96. The minimum Gasteiger partial charge on any atom is -0.379 e. The summed E-state index contributed by atoms with van der Waals surface area (Å²) >= 11 is 0. The van der Waals surface area contributed by atoms with Gasteiger partial charge in [-0.25, -0.2) is 0 Å². The Morgan fingerprint density at radius 1 is 0.875 bits per heavy atom. The van der Waals surface area contributed by atoms with Crippen molar-refractivity contribution >= 4 is 23.1 Å². The minimum atomic E-state index is -0.256. The molecule has 0 bridgehead atoms. The van der Waals surface area contributed by atoms with Gasteiger partial charge in [0.1, 0.15) is 5.70 Å². The first-order valence-corrected chi connectivity index (χ1v) is 11.3. The van der Waals surface area contributed by atoms with Crippen LogP contribution in [0.15, 0.2) is 48.2 Å². The molecular weight excluding hydrogens is 402 g/mol. The van der Waals surface area contributed by atoms with Crippen molar-refractivity contribution in [2.24, 2.45) is 0 Å². The van der Waals surface area contributed by atoms with Crippen molar-refractivity contribution in [2.75, 3.05) is 44.7 Å². The standard InChI is InChI=1S/C26H31N3O3/c1-18-6-9-21(10-7-18)23-24(27-22-17-19(2)5-8-20(22)3)26(31)29(25(23)30)12-4-11-28-13-15-32-16-14-28/h5-10,17,27H,4,11-16H2,1-3H3. The Morgan fingerprint density at radius 2 is 1.56 bits per heavy atom. The molecule has 0 unspecified atom stereocenters. The van der Waals surface area contributed by atoms with Gasteiger partial charge in [-0.3, -0.25) is 19.4 Å². The van der Waals surface area contributed by atoms with Crippen molar-refractivity contribution in [1.82, 2.24) is 9.80 Å². The number of morpholine rings is 1. The van der Waals surface area contributed by atoms with Crippen LogP contribution in [0.25, 0.3) is 5.57 Å². The Balaban J connectivity index is 1.59. The molecule has 2 aliphatic rings. The molecule has 1 saturated heterocycles. The number of carbonyl (C=O) groups excluding carboxylic acids is 2. The highest BCUT2D eigenvalue weighted by Crippen LogP contribution is 2.31. The summed E-state index contributed by atoms with van der Waals surface area (Å²) in [5, 5.41) is 3.30. The number of nitrogens with one attached hydrogen (secondary N) is 1. The first-order valence-electron chi connectivity index (χ1n) is 11.3. The van der Waals surface area contributed by atoms with Gasteiger partial charge in [0.15, 0.2) is 0 Å². The van der Waals surface area contributed by atoms with Gasteiger partial charge in [0.05, 0.1) is 18.8 Å². The molecule has 2 aromatic rings. The summed E-state index contributed by atoms with van der Waals surface area (Å²) in [4.78, 5) is 30.5. The van der Waals surface area contributed by atoms with Crippen LogP contribution in [0.1, 0.15) is 28.7 Å². The van der Waals surface area contributed by atoms with Crippen LogP contribution in [0.3, 0.4) is 0 Å². The fraction of sp³-hybridized carbons (Fsp3) is 0.385. The lowest BCUT2D eigenvalue weighted by Crippen LogP contribution is -2.39. The molecule has 2 aromatic carbocycles. The summed E-state index contributed by atoms with van der Waals surface area (Å²) in [7, 11) is 0. The second kappa shape index (κ2) is 9.67. The summed E-state index contributed by atoms with van der Waals surface area (Å²) in [6.07, 6.45) is 0.745. The average Bonchev–Trinajstić information content (AvgIpc) is 3.02. The van der Waals surface area contributed by atoms with Gasteiger partial charge < -0.3 is 10.1 Å². The SMILES string of the molecule is Cc1ccc(C2=C(Nc3cc(C)ccc3C)C(=O)N(CCCN3CCOCC3)C2=O)cc1. The third-order valence-corrected chi connectivity index (χ3v) is 6.12. The van der Waals surface area contributed by atoms with Gasteiger partial charge in [0, 0.05) is 31.9 Å². The lowest BCUT2D eigenvalue weighted by molar-refractivity contribution is -0.136. The van der Waals surface area contributed by atoms with E-state index in [1.54, 1.807) is 0 Å². The Kier molecular flexibility index (Phi) is 6.72. The van der Waals surface area contributed by atoms with Gasteiger partial charge in [-0.1, -0.05) is 42.0 Å². The number of aryl methyl sites for hydroxylation is 3. The highest BCUT2D eigenvalue weighted by molar-refractivity contribution is 6.36. The summed E-state index contributed by atoms with van der Waals surface area (Å²) in [5.41, 5.74) is 5.64. The molecule has 0 aromatic heterocycles. The van der Waals surface area contributed by atoms with Crippen LogP contribution in [0.2, 0.25) is 0 Å². The zero-order chi connectivity index (χ0) is 22.7. The van der Waals surface area contributed by atoms with E-state index in [0.29, 0.717) is 17.8 Å². The number of ether oxygens (including phenoxy) is 1. The third kappa shape index (κ3) is 4.76. The van der Waals surface area contributed by atoms with Gasteiger partial charge in [-0.05, 0) is 49.9 Å². The maximum Gasteiger partial charge on any atom is 0.278 e. The van der Waals surface area contributed by atoms with E-state index in [4.69, 9.17) is 4.74 Å². The van der Waals surface area contributed by atoms with E-state index in [1.165, 1.54) is 4.90 Å². The lowest BCUT2D eigenvalue weighted by atomic mass is 10.0. The molecule has 4 rings (SSSR count). The second-order valence-corrected chi connectivity index (χ2v) is 8.63. The number of hydrogen-bond acceptors (Lipinski definition) is 5. The molecule has 0 saturated carbocycles. The van der Waals surface area contributed by atoms with E-state index in [2.05, 4.69) is 10.2 Å². The number of anilines is 1. The zero-order valence-electron chi connectivity index (χ0n) is 19.1. The van der Waals surface area contributed by atoms with Crippen LogP contribution >= 0.6 is 0 Å². The van der Waals surface area contributed by atoms with Crippen LogP contribution in [-0.4, -0.2) is 61.0 Å². The molecule has 1 fully saturated rings. The van der Waals surface area contributed by atoms with Crippen LogP contribution in [0, 0.1) is 20.8 Å². The fourth-order valence-electron chi connectivity index (χ4n) is 4.17. The lowest BCUT2D eigenvalue weighted by Gasteiger charge is -2.27. The quantitative estimate of drug-likeness (QED) is 0.677. The van der Waals surface area contributed by atoms with Gasteiger partial charge in [0.25, 0.3) is 11.8 Å². The minimum absolute atomic E-state index is 0.228. The molecule has 32 heavy (non-hydrogen) atoms. The second-order valence-electron chi connectivity index (χ2n) is 8.63. The molecule has 2 heterocycles. The van der Waals surface area contributed by atoms with E-state index >= 15 is 0 Å². The highest BCUT2D eigenvalue weighted by Gasteiger charge is 2.39. The van der Waals surface area contributed by atoms with Crippen LogP contribution in [-0.2, 0) is 14.3 Å². The Bertz CT molecular complexity index is 1040. The zero-order valence-corrected chi connectivity index (χ0v) is 19.1. The van der Waals surface area contributed by atoms with Crippen molar-refractivity contribution < 1.29 is 14.3 Å². The van der Waals surface area contributed by atoms with E-state index in [-0.39, 0.29) is 11.8 Å².